The smallest absolute Gasteiger partial charge is 0.314 e. The number of carbonyl (C=O) groups is 2. The van der Waals surface area contributed by atoms with Gasteiger partial charge in [0.1, 0.15) is 0 Å². The summed E-state index contributed by atoms with van der Waals surface area (Å²) in [6.45, 7) is 5.87. The lowest BCUT2D eigenvalue weighted by atomic mass is 9.88. The van der Waals surface area contributed by atoms with Gasteiger partial charge in [0.2, 0.25) is 0 Å². The van der Waals surface area contributed by atoms with Crippen molar-refractivity contribution in [3.05, 3.63) is 0 Å². The molecule has 1 atom stereocenters. The molecule has 0 saturated heterocycles. The van der Waals surface area contributed by atoms with Gasteiger partial charge in [-0.15, -0.1) is 0 Å². The van der Waals surface area contributed by atoms with Crippen LogP contribution in [0.25, 0.3) is 0 Å². The van der Waals surface area contributed by atoms with Gasteiger partial charge >= 0.3 is 12.0 Å². The number of carbonyl (C=O) groups excluding carboxylic acids is 1. The van der Waals surface area contributed by atoms with Crippen molar-refractivity contribution in [1.82, 2.24) is 10.6 Å². The fraction of sp³-hybridized carbons (Fsp3) is 0.778. The molecule has 0 aliphatic rings. The first-order valence-corrected chi connectivity index (χ1v) is 4.71. The van der Waals surface area contributed by atoms with Crippen LogP contribution in [0.5, 0.6) is 0 Å². The minimum absolute atomic E-state index is 0.144. The summed E-state index contributed by atoms with van der Waals surface area (Å²) in [6, 6.07) is -0.326. The van der Waals surface area contributed by atoms with Gasteiger partial charge in [0, 0.05) is 13.1 Å². The molecule has 14 heavy (non-hydrogen) atoms. The lowest BCUT2D eigenvalue weighted by Gasteiger charge is -2.23. The SMILES string of the molecule is CCNC(=O)NCC(C)(CC)C(=O)O. The molecule has 0 aliphatic carbocycles. The number of urea groups is 1. The van der Waals surface area contributed by atoms with Crippen molar-refractivity contribution in [2.45, 2.75) is 27.2 Å². The van der Waals surface area contributed by atoms with Gasteiger partial charge in [-0.2, -0.15) is 0 Å². The zero-order valence-electron chi connectivity index (χ0n) is 8.89. The summed E-state index contributed by atoms with van der Waals surface area (Å²) in [4.78, 5) is 21.9. The first-order valence-electron chi connectivity index (χ1n) is 4.71. The van der Waals surface area contributed by atoms with E-state index in [0.717, 1.165) is 0 Å². The summed E-state index contributed by atoms with van der Waals surface area (Å²) in [5.41, 5.74) is -0.884. The molecule has 1 unspecified atom stereocenters. The Morgan fingerprint density at radius 3 is 2.21 bits per heavy atom. The molecule has 0 radical (unpaired) electrons. The van der Waals surface area contributed by atoms with Gasteiger partial charge in [-0.05, 0) is 20.3 Å². The zero-order valence-corrected chi connectivity index (χ0v) is 8.89. The normalized spacial score (nSPS) is 14.2. The lowest BCUT2D eigenvalue weighted by Crippen LogP contribution is -2.44. The Morgan fingerprint density at radius 1 is 1.29 bits per heavy atom. The highest BCUT2D eigenvalue weighted by Gasteiger charge is 2.31. The standard InChI is InChI=1S/C9H18N2O3/c1-4-9(3,7(12)13)6-11-8(14)10-5-2/h4-6H2,1-3H3,(H,12,13)(H2,10,11,14). The maximum atomic E-state index is 11.0. The summed E-state index contributed by atoms with van der Waals surface area (Å²) in [6.07, 6.45) is 0.481. The van der Waals surface area contributed by atoms with Gasteiger partial charge in [-0.25, -0.2) is 4.79 Å². The molecule has 0 aromatic carbocycles. The van der Waals surface area contributed by atoms with Crippen molar-refractivity contribution >= 4 is 12.0 Å². The average Bonchev–Trinajstić information content (AvgIpc) is 2.14. The number of carboxylic acid groups (broad SMARTS) is 1. The second kappa shape index (κ2) is 5.47. The number of hydrogen-bond donors (Lipinski definition) is 3. The number of hydrogen-bond acceptors (Lipinski definition) is 2. The first kappa shape index (κ1) is 12.7. The second-order valence-corrected chi connectivity index (χ2v) is 3.43. The van der Waals surface area contributed by atoms with Crippen LogP contribution < -0.4 is 10.6 Å². The molecule has 0 fully saturated rings. The third-order valence-corrected chi connectivity index (χ3v) is 2.27. The molecule has 0 aliphatic heterocycles. The largest absolute Gasteiger partial charge is 0.481 e. The van der Waals surface area contributed by atoms with Crippen molar-refractivity contribution in [2.75, 3.05) is 13.1 Å². The van der Waals surface area contributed by atoms with Crippen LogP contribution in [0.15, 0.2) is 0 Å². The number of amides is 2. The molecular weight excluding hydrogens is 184 g/mol. The first-order chi connectivity index (χ1) is 6.46. The molecule has 0 rings (SSSR count). The fourth-order valence-electron chi connectivity index (χ4n) is 0.850. The van der Waals surface area contributed by atoms with Crippen LogP contribution in [0.2, 0.25) is 0 Å². The van der Waals surface area contributed by atoms with E-state index < -0.39 is 11.4 Å². The van der Waals surface area contributed by atoms with Crippen LogP contribution in [-0.2, 0) is 4.79 Å². The van der Waals surface area contributed by atoms with Crippen LogP contribution in [0, 0.1) is 5.41 Å². The molecule has 0 saturated carbocycles. The average molecular weight is 202 g/mol. The second-order valence-electron chi connectivity index (χ2n) is 3.43. The van der Waals surface area contributed by atoms with E-state index in [4.69, 9.17) is 5.11 Å². The van der Waals surface area contributed by atoms with Crippen molar-refractivity contribution in [2.24, 2.45) is 5.41 Å². The Hall–Kier alpha value is -1.26. The Morgan fingerprint density at radius 2 is 1.86 bits per heavy atom. The van der Waals surface area contributed by atoms with E-state index in [1.54, 1.807) is 20.8 Å². The van der Waals surface area contributed by atoms with E-state index in [2.05, 4.69) is 10.6 Å². The van der Waals surface area contributed by atoms with Gasteiger partial charge in [0.25, 0.3) is 0 Å². The Bertz CT molecular complexity index is 218. The maximum Gasteiger partial charge on any atom is 0.314 e. The molecule has 5 heteroatoms. The van der Waals surface area contributed by atoms with E-state index in [1.807, 2.05) is 0 Å². The lowest BCUT2D eigenvalue weighted by molar-refractivity contribution is -0.147. The maximum absolute atomic E-state index is 11.0. The van der Waals surface area contributed by atoms with Crippen LogP contribution in [0.4, 0.5) is 4.79 Å². The Labute approximate surface area is 83.9 Å². The molecule has 0 aromatic heterocycles. The fourth-order valence-corrected chi connectivity index (χ4v) is 0.850. The number of rotatable bonds is 5. The molecule has 0 spiro atoms. The molecule has 3 N–H and O–H groups in total. The quantitative estimate of drug-likeness (QED) is 0.617. The molecule has 82 valence electrons. The number of carboxylic acids is 1. The predicted molar refractivity (Wildman–Crippen MR) is 53.1 cm³/mol. The van der Waals surface area contributed by atoms with Crippen LogP contribution in [0.1, 0.15) is 27.2 Å². The van der Waals surface area contributed by atoms with Gasteiger partial charge in [0.05, 0.1) is 5.41 Å². The summed E-state index contributed by atoms with van der Waals surface area (Å²) in [5, 5.41) is 14.0. The van der Waals surface area contributed by atoms with Gasteiger partial charge < -0.3 is 15.7 Å². The Balaban J connectivity index is 4.08. The van der Waals surface area contributed by atoms with Crippen molar-refractivity contribution in [1.29, 1.82) is 0 Å². The van der Waals surface area contributed by atoms with Crippen LogP contribution >= 0.6 is 0 Å². The van der Waals surface area contributed by atoms with E-state index in [-0.39, 0.29) is 12.6 Å². The van der Waals surface area contributed by atoms with Crippen molar-refractivity contribution in [3.8, 4) is 0 Å². The van der Waals surface area contributed by atoms with E-state index in [1.165, 1.54) is 0 Å². The van der Waals surface area contributed by atoms with Crippen molar-refractivity contribution < 1.29 is 14.7 Å². The highest BCUT2D eigenvalue weighted by molar-refractivity contribution is 5.77. The highest BCUT2D eigenvalue weighted by atomic mass is 16.4. The highest BCUT2D eigenvalue weighted by Crippen LogP contribution is 2.19. The van der Waals surface area contributed by atoms with E-state index >= 15 is 0 Å². The molecule has 5 nitrogen and oxygen atoms in total. The van der Waals surface area contributed by atoms with E-state index in [0.29, 0.717) is 13.0 Å². The predicted octanol–water partition coefficient (Wildman–Crippen LogP) is 0.806. The number of nitrogens with one attached hydrogen (secondary N) is 2. The zero-order chi connectivity index (χ0) is 11.2. The summed E-state index contributed by atoms with van der Waals surface area (Å²) >= 11 is 0. The van der Waals surface area contributed by atoms with Gasteiger partial charge in [-0.1, -0.05) is 6.92 Å². The third-order valence-electron chi connectivity index (χ3n) is 2.27. The van der Waals surface area contributed by atoms with E-state index in [9.17, 15) is 9.59 Å². The van der Waals surface area contributed by atoms with Crippen LogP contribution in [0.3, 0.4) is 0 Å². The molecular formula is C9H18N2O3. The summed E-state index contributed by atoms with van der Waals surface area (Å²) < 4.78 is 0. The minimum Gasteiger partial charge on any atom is -0.481 e. The molecule has 0 aromatic rings. The molecule has 0 heterocycles. The van der Waals surface area contributed by atoms with Gasteiger partial charge in [0.15, 0.2) is 0 Å². The summed E-state index contributed by atoms with van der Waals surface area (Å²) in [5.74, 6) is -0.892. The molecule has 0 bridgehead atoms. The minimum atomic E-state index is -0.892. The van der Waals surface area contributed by atoms with Crippen molar-refractivity contribution in [3.63, 3.8) is 0 Å². The topological polar surface area (TPSA) is 78.4 Å². The third kappa shape index (κ3) is 3.64. The monoisotopic (exact) mass is 202 g/mol. The van der Waals surface area contributed by atoms with Crippen LogP contribution in [-0.4, -0.2) is 30.2 Å². The molecule has 2 amide bonds. The Kier molecular flexibility index (Phi) is 4.97. The summed E-state index contributed by atoms with van der Waals surface area (Å²) in [7, 11) is 0. The number of aliphatic carboxylic acids is 1. The van der Waals surface area contributed by atoms with Gasteiger partial charge in [-0.3, -0.25) is 4.79 Å².